The van der Waals surface area contributed by atoms with E-state index in [4.69, 9.17) is 9.47 Å². The zero-order chi connectivity index (χ0) is 19.3. The molecule has 1 heterocycles. The van der Waals surface area contributed by atoms with Crippen LogP contribution in [-0.2, 0) is 17.3 Å². The van der Waals surface area contributed by atoms with E-state index in [2.05, 4.69) is 11.6 Å². The molecule has 0 radical (unpaired) electrons. The van der Waals surface area contributed by atoms with Gasteiger partial charge in [0.05, 0.1) is 18.8 Å². The number of allylic oxidation sites excluding steroid dienone is 1. The van der Waals surface area contributed by atoms with Crippen LogP contribution in [0.15, 0.2) is 37.1 Å². The fraction of sp³-hybridized carbons (Fsp3) is 0.421. The van der Waals surface area contributed by atoms with Gasteiger partial charge in [-0.15, -0.1) is 0 Å². The van der Waals surface area contributed by atoms with Crippen molar-refractivity contribution in [3.63, 3.8) is 0 Å². The van der Waals surface area contributed by atoms with E-state index in [1.165, 1.54) is 6.20 Å². The zero-order valence-electron chi connectivity index (χ0n) is 15.2. The molecular formula is C19H24F2N2O3. The summed E-state index contributed by atoms with van der Waals surface area (Å²) in [4.78, 5) is 4.16. The molecule has 0 aliphatic heterocycles. The van der Waals surface area contributed by atoms with Gasteiger partial charge in [0.25, 0.3) is 0 Å². The van der Waals surface area contributed by atoms with Crippen LogP contribution in [0.2, 0.25) is 0 Å². The second-order valence-corrected chi connectivity index (χ2v) is 6.11. The van der Waals surface area contributed by atoms with Gasteiger partial charge < -0.3 is 19.1 Å². The molecule has 0 spiro atoms. The Bertz CT molecular complexity index is 757. The number of rotatable bonds is 9. The summed E-state index contributed by atoms with van der Waals surface area (Å²) in [5.41, 5.74) is 0.851. The number of methoxy groups -OCH3 is 1. The second-order valence-electron chi connectivity index (χ2n) is 6.11. The molecule has 0 unspecified atom stereocenters. The van der Waals surface area contributed by atoms with Crippen molar-refractivity contribution in [1.82, 2.24) is 9.55 Å². The standard InChI is InChI=1S/C19H24F2N2O3/c1-5-19(20,21)17-11-23(13(2)3)18(22-17)15-7-6-14(12-24)10-16(15)26-9-8-25-4/h5-7,10-11,13,24H,1,8-9,12H2,2-4H3. The minimum atomic E-state index is -3.23. The minimum Gasteiger partial charge on any atom is -0.490 e. The van der Waals surface area contributed by atoms with Crippen LogP contribution in [0.4, 0.5) is 8.78 Å². The molecule has 1 N–H and O–H groups in total. The lowest BCUT2D eigenvalue weighted by atomic mass is 10.1. The number of alkyl halides is 2. The Morgan fingerprint density at radius 2 is 2.08 bits per heavy atom. The lowest BCUT2D eigenvalue weighted by molar-refractivity contribution is 0.0480. The minimum absolute atomic E-state index is 0.0868. The number of aliphatic hydroxyl groups excluding tert-OH is 1. The van der Waals surface area contributed by atoms with Gasteiger partial charge in [-0.25, -0.2) is 4.98 Å². The first-order valence-corrected chi connectivity index (χ1v) is 8.30. The molecule has 142 valence electrons. The predicted octanol–water partition coefficient (Wildman–Crippen LogP) is 3.93. The number of hydrogen-bond donors (Lipinski definition) is 1. The highest BCUT2D eigenvalue weighted by Crippen LogP contribution is 2.36. The van der Waals surface area contributed by atoms with Gasteiger partial charge in [0, 0.05) is 19.3 Å². The Labute approximate surface area is 151 Å². The Morgan fingerprint density at radius 3 is 2.65 bits per heavy atom. The summed E-state index contributed by atoms with van der Waals surface area (Å²) in [5, 5.41) is 9.37. The molecule has 1 aromatic heterocycles. The molecule has 1 aromatic carbocycles. The third kappa shape index (κ3) is 4.28. The van der Waals surface area contributed by atoms with Crippen LogP contribution in [0.3, 0.4) is 0 Å². The van der Waals surface area contributed by atoms with Crippen molar-refractivity contribution in [2.45, 2.75) is 32.4 Å². The first kappa shape index (κ1) is 20.1. The Hall–Kier alpha value is -2.25. The Balaban J connectivity index is 2.57. The molecule has 0 saturated heterocycles. The predicted molar refractivity (Wildman–Crippen MR) is 95.4 cm³/mol. The molecule has 0 fully saturated rings. The van der Waals surface area contributed by atoms with Gasteiger partial charge in [-0.05, 0) is 37.6 Å². The number of hydrogen-bond acceptors (Lipinski definition) is 4. The fourth-order valence-electron chi connectivity index (χ4n) is 2.46. The molecule has 0 bridgehead atoms. The number of ether oxygens (including phenoxy) is 2. The molecule has 0 aliphatic rings. The number of benzene rings is 1. The summed E-state index contributed by atoms with van der Waals surface area (Å²) in [6.07, 6.45) is 1.91. The second kappa shape index (κ2) is 8.42. The summed E-state index contributed by atoms with van der Waals surface area (Å²) in [6, 6.07) is 5.01. The van der Waals surface area contributed by atoms with Crippen LogP contribution in [0, 0.1) is 0 Å². The van der Waals surface area contributed by atoms with E-state index >= 15 is 0 Å². The van der Waals surface area contributed by atoms with Crippen molar-refractivity contribution in [1.29, 1.82) is 0 Å². The fourth-order valence-corrected chi connectivity index (χ4v) is 2.46. The van der Waals surface area contributed by atoms with Gasteiger partial charge in [0.2, 0.25) is 0 Å². The van der Waals surface area contributed by atoms with Crippen molar-refractivity contribution in [3.8, 4) is 17.1 Å². The molecule has 2 rings (SSSR count). The molecule has 7 heteroatoms. The lowest BCUT2D eigenvalue weighted by Crippen LogP contribution is -2.09. The average molecular weight is 366 g/mol. The first-order valence-electron chi connectivity index (χ1n) is 8.30. The lowest BCUT2D eigenvalue weighted by Gasteiger charge is -2.15. The van der Waals surface area contributed by atoms with Crippen LogP contribution in [0.1, 0.15) is 31.1 Å². The van der Waals surface area contributed by atoms with Crippen LogP contribution in [-0.4, -0.2) is 35.0 Å². The summed E-state index contributed by atoms with van der Waals surface area (Å²) < 4.78 is 40.5. The smallest absolute Gasteiger partial charge is 0.309 e. The largest absolute Gasteiger partial charge is 0.490 e. The molecule has 0 saturated carbocycles. The highest BCUT2D eigenvalue weighted by atomic mass is 19.3. The van der Waals surface area contributed by atoms with Crippen molar-refractivity contribution >= 4 is 0 Å². The van der Waals surface area contributed by atoms with E-state index in [1.54, 1.807) is 29.9 Å². The first-order chi connectivity index (χ1) is 12.3. The van der Waals surface area contributed by atoms with Gasteiger partial charge in [0.1, 0.15) is 23.9 Å². The number of nitrogens with zero attached hydrogens (tertiary/aromatic N) is 2. The molecular weight excluding hydrogens is 342 g/mol. The molecule has 0 amide bonds. The Morgan fingerprint density at radius 1 is 1.35 bits per heavy atom. The van der Waals surface area contributed by atoms with Gasteiger partial charge in [0.15, 0.2) is 0 Å². The highest BCUT2D eigenvalue weighted by Gasteiger charge is 2.32. The van der Waals surface area contributed by atoms with Crippen LogP contribution in [0.25, 0.3) is 11.4 Å². The van der Waals surface area contributed by atoms with Gasteiger partial charge in [-0.2, -0.15) is 8.78 Å². The van der Waals surface area contributed by atoms with E-state index in [1.807, 2.05) is 13.8 Å². The maximum Gasteiger partial charge on any atom is 0.309 e. The third-order valence-electron chi connectivity index (χ3n) is 3.90. The van der Waals surface area contributed by atoms with Crippen LogP contribution >= 0.6 is 0 Å². The Kier molecular flexibility index (Phi) is 6.50. The monoisotopic (exact) mass is 366 g/mol. The van der Waals surface area contributed by atoms with Gasteiger partial charge in [-0.3, -0.25) is 0 Å². The number of aliphatic hydroxyl groups is 1. The molecule has 0 atom stereocenters. The molecule has 26 heavy (non-hydrogen) atoms. The summed E-state index contributed by atoms with van der Waals surface area (Å²) in [7, 11) is 1.56. The van der Waals surface area contributed by atoms with E-state index in [0.717, 1.165) is 0 Å². The van der Waals surface area contributed by atoms with E-state index in [9.17, 15) is 13.9 Å². The van der Waals surface area contributed by atoms with E-state index < -0.39 is 5.92 Å². The SMILES string of the molecule is C=CC(F)(F)c1cn(C(C)C)c(-c2ccc(CO)cc2OCCOC)n1. The number of halogens is 2. The maximum absolute atomic E-state index is 14.1. The normalized spacial score (nSPS) is 11.8. The van der Waals surface area contributed by atoms with Gasteiger partial charge in [-0.1, -0.05) is 12.6 Å². The zero-order valence-corrected chi connectivity index (χ0v) is 15.2. The molecule has 0 aliphatic carbocycles. The van der Waals surface area contributed by atoms with Crippen molar-refractivity contribution < 1.29 is 23.4 Å². The average Bonchev–Trinajstić information content (AvgIpc) is 3.08. The van der Waals surface area contributed by atoms with Crippen molar-refractivity contribution in [3.05, 3.63) is 48.3 Å². The number of imidazole rings is 1. The van der Waals surface area contributed by atoms with Crippen LogP contribution in [0.5, 0.6) is 5.75 Å². The summed E-state index contributed by atoms with van der Waals surface area (Å²) >= 11 is 0. The summed E-state index contributed by atoms with van der Waals surface area (Å²) in [5.74, 6) is -2.40. The third-order valence-corrected chi connectivity index (χ3v) is 3.90. The molecule has 2 aromatic rings. The van der Waals surface area contributed by atoms with Crippen molar-refractivity contribution in [2.24, 2.45) is 0 Å². The van der Waals surface area contributed by atoms with Gasteiger partial charge >= 0.3 is 5.92 Å². The van der Waals surface area contributed by atoms with E-state index in [-0.39, 0.29) is 24.9 Å². The van der Waals surface area contributed by atoms with E-state index in [0.29, 0.717) is 35.4 Å². The van der Waals surface area contributed by atoms with Crippen molar-refractivity contribution in [2.75, 3.05) is 20.3 Å². The quantitative estimate of drug-likeness (QED) is 0.540. The summed E-state index contributed by atoms with van der Waals surface area (Å²) in [6.45, 7) is 7.47. The van der Waals surface area contributed by atoms with Crippen LogP contribution < -0.4 is 4.74 Å². The number of aromatic nitrogens is 2. The highest BCUT2D eigenvalue weighted by molar-refractivity contribution is 5.66. The molecule has 5 nitrogen and oxygen atoms in total. The topological polar surface area (TPSA) is 56.5 Å². The maximum atomic E-state index is 14.1.